The molecule has 0 aliphatic heterocycles. The second-order valence-corrected chi connectivity index (χ2v) is 6.99. The molecule has 0 spiro atoms. The molecule has 4 aromatic rings. The van der Waals surface area contributed by atoms with Crippen molar-refractivity contribution in [2.75, 3.05) is 33.3 Å². The van der Waals surface area contributed by atoms with Gasteiger partial charge in [0.15, 0.2) is 11.5 Å². The summed E-state index contributed by atoms with van der Waals surface area (Å²) in [7, 11) is 4.51. The average Bonchev–Trinajstić information content (AvgIpc) is 3.27. The van der Waals surface area contributed by atoms with E-state index in [9.17, 15) is 4.79 Å². The van der Waals surface area contributed by atoms with Gasteiger partial charge in [-0.1, -0.05) is 0 Å². The molecule has 0 atom stereocenters. The number of hydrogen-bond donors (Lipinski definition) is 1. The summed E-state index contributed by atoms with van der Waals surface area (Å²) < 4.78 is 21.4. The normalized spacial score (nSPS) is 10.7. The molecular formula is C24H24N4O5. The standard InChI is InChI=1S/C24H24N4O5/c1-5-33-18-9-7-17(8-10-18)28-26-19-11-6-16(14-20(19)27-28)25-24(29)15-12-21(30-2)23(32-4)22(13-15)31-3/h6-14H,5H2,1-4H3,(H,25,29). The third kappa shape index (κ3) is 4.52. The zero-order valence-corrected chi connectivity index (χ0v) is 18.8. The molecule has 0 aliphatic rings. The van der Waals surface area contributed by atoms with Crippen molar-refractivity contribution in [1.82, 2.24) is 15.0 Å². The Morgan fingerprint density at radius 1 is 0.879 bits per heavy atom. The first-order valence-electron chi connectivity index (χ1n) is 10.3. The highest BCUT2D eigenvalue weighted by molar-refractivity contribution is 6.05. The van der Waals surface area contributed by atoms with Crippen molar-refractivity contribution in [3.05, 3.63) is 60.2 Å². The summed E-state index contributed by atoms with van der Waals surface area (Å²) >= 11 is 0. The Bertz CT molecular complexity index is 1260. The van der Waals surface area contributed by atoms with E-state index in [0.29, 0.717) is 46.1 Å². The predicted octanol–water partition coefficient (Wildman–Crippen LogP) is 4.10. The van der Waals surface area contributed by atoms with Gasteiger partial charge >= 0.3 is 0 Å². The van der Waals surface area contributed by atoms with E-state index in [1.807, 2.05) is 31.2 Å². The van der Waals surface area contributed by atoms with E-state index in [0.717, 1.165) is 11.4 Å². The van der Waals surface area contributed by atoms with Crippen molar-refractivity contribution < 1.29 is 23.7 Å². The number of rotatable bonds is 8. The Morgan fingerprint density at radius 2 is 1.55 bits per heavy atom. The van der Waals surface area contributed by atoms with E-state index in [-0.39, 0.29) is 5.91 Å². The van der Waals surface area contributed by atoms with E-state index in [4.69, 9.17) is 18.9 Å². The molecule has 0 bridgehead atoms. The Kier molecular flexibility index (Phi) is 6.30. The van der Waals surface area contributed by atoms with Gasteiger partial charge in [0.05, 0.1) is 33.6 Å². The Morgan fingerprint density at radius 3 is 2.15 bits per heavy atom. The van der Waals surface area contributed by atoms with Gasteiger partial charge in [-0.3, -0.25) is 4.79 Å². The van der Waals surface area contributed by atoms with Crippen molar-refractivity contribution in [3.63, 3.8) is 0 Å². The minimum Gasteiger partial charge on any atom is -0.494 e. The number of anilines is 1. The lowest BCUT2D eigenvalue weighted by Gasteiger charge is -2.14. The van der Waals surface area contributed by atoms with Gasteiger partial charge < -0.3 is 24.3 Å². The third-order valence-electron chi connectivity index (χ3n) is 4.94. The molecular weight excluding hydrogens is 424 g/mol. The number of fused-ring (bicyclic) bond motifs is 1. The van der Waals surface area contributed by atoms with E-state index in [1.54, 1.807) is 35.1 Å². The van der Waals surface area contributed by atoms with Gasteiger partial charge in [-0.25, -0.2) is 0 Å². The van der Waals surface area contributed by atoms with Gasteiger partial charge in [0, 0.05) is 11.3 Å². The maximum atomic E-state index is 12.9. The van der Waals surface area contributed by atoms with Crippen LogP contribution in [0.1, 0.15) is 17.3 Å². The van der Waals surface area contributed by atoms with Crippen molar-refractivity contribution in [2.24, 2.45) is 0 Å². The monoisotopic (exact) mass is 448 g/mol. The summed E-state index contributed by atoms with van der Waals surface area (Å²) in [4.78, 5) is 14.4. The molecule has 4 rings (SSSR count). The van der Waals surface area contributed by atoms with Crippen LogP contribution in [0, 0.1) is 0 Å². The van der Waals surface area contributed by atoms with Crippen LogP contribution in [-0.2, 0) is 0 Å². The number of ether oxygens (including phenoxy) is 4. The fourth-order valence-corrected chi connectivity index (χ4v) is 3.37. The van der Waals surface area contributed by atoms with Gasteiger partial charge in [0.1, 0.15) is 16.8 Å². The molecule has 33 heavy (non-hydrogen) atoms. The first-order chi connectivity index (χ1) is 16.1. The number of methoxy groups -OCH3 is 3. The number of carbonyl (C=O) groups is 1. The summed E-state index contributed by atoms with van der Waals surface area (Å²) in [6, 6.07) is 16.0. The summed E-state index contributed by atoms with van der Waals surface area (Å²) in [5.74, 6) is 1.68. The van der Waals surface area contributed by atoms with Crippen LogP contribution in [-0.4, -0.2) is 48.8 Å². The number of carbonyl (C=O) groups excluding carboxylic acids is 1. The molecule has 9 nitrogen and oxygen atoms in total. The van der Waals surface area contributed by atoms with Crippen LogP contribution in [0.3, 0.4) is 0 Å². The summed E-state index contributed by atoms with van der Waals surface area (Å²) in [6.45, 7) is 2.54. The fourth-order valence-electron chi connectivity index (χ4n) is 3.37. The molecule has 0 radical (unpaired) electrons. The van der Waals surface area contributed by atoms with Crippen LogP contribution < -0.4 is 24.3 Å². The minimum absolute atomic E-state index is 0.326. The lowest BCUT2D eigenvalue weighted by Crippen LogP contribution is -2.12. The SMILES string of the molecule is CCOc1ccc(-n2nc3ccc(NC(=O)c4cc(OC)c(OC)c(OC)c4)cc3n2)cc1. The lowest BCUT2D eigenvalue weighted by atomic mass is 10.1. The number of amides is 1. The zero-order valence-electron chi connectivity index (χ0n) is 18.8. The predicted molar refractivity (Wildman–Crippen MR) is 124 cm³/mol. The molecule has 1 heterocycles. The van der Waals surface area contributed by atoms with E-state index in [1.165, 1.54) is 21.3 Å². The molecule has 9 heteroatoms. The second-order valence-electron chi connectivity index (χ2n) is 6.99. The third-order valence-corrected chi connectivity index (χ3v) is 4.94. The highest BCUT2D eigenvalue weighted by atomic mass is 16.5. The number of nitrogens with zero attached hydrogens (tertiary/aromatic N) is 3. The van der Waals surface area contributed by atoms with E-state index in [2.05, 4.69) is 15.5 Å². The molecule has 0 unspecified atom stereocenters. The van der Waals surface area contributed by atoms with Crippen LogP contribution in [0.15, 0.2) is 54.6 Å². The highest BCUT2D eigenvalue weighted by Gasteiger charge is 2.17. The number of aromatic nitrogens is 3. The number of nitrogens with one attached hydrogen (secondary N) is 1. The van der Waals surface area contributed by atoms with Crippen molar-refractivity contribution in [2.45, 2.75) is 6.92 Å². The smallest absolute Gasteiger partial charge is 0.255 e. The fraction of sp³-hybridized carbons (Fsp3) is 0.208. The second kappa shape index (κ2) is 9.47. The molecule has 170 valence electrons. The molecule has 1 amide bonds. The van der Waals surface area contributed by atoms with Gasteiger partial charge in [0.25, 0.3) is 5.91 Å². The van der Waals surface area contributed by atoms with Crippen LogP contribution in [0.2, 0.25) is 0 Å². The quantitative estimate of drug-likeness (QED) is 0.433. The van der Waals surface area contributed by atoms with Gasteiger partial charge in [-0.05, 0) is 61.5 Å². The molecule has 0 saturated heterocycles. The zero-order chi connectivity index (χ0) is 23.4. The van der Waals surface area contributed by atoms with Crippen LogP contribution >= 0.6 is 0 Å². The van der Waals surface area contributed by atoms with Crippen molar-refractivity contribution in [1.29, 1.82) is 0 Å². The van der Waals surface area contributed by atoms with E-state index < -0.39 is 0 Å². The van der Waals surface area contributed by atoms with Crippen LogP contribution in [0.4, 0.5) is 5.69 Å². The van der Waals surface area contributed by atoms with E-state index >= 15 is 0 Å². The largest absolute Gasteiger partial charge is 0.494 e. The maximum Gasteiger partial charge on any atom is 0.255 e. The molecule has 0 aliphatic carbocycles. The van der Waals surface area contributed by atoms with Crippen molar-refractivity contribution >= 4 is 22.6 Å². The Hall–Kier alpha value is -4.27. The number of benzene rings is 3. The molecule has 0 saturated carbocycles. The Balaban J connectivity index is 1.57. The topological polar surface area (TPSA) is 96.7 Å². The first kappa shape index (κ1) is 21.9. The minimum atomic E-state index is -0.326. The lowest BCUT2D eigenvalue weighted by molar-refractivity contribution is 0.102. The average molecular weight is 448 g/mol. The molecule has 3 aromatic carbocycles. The van der Waals surface area contributed by atoms with Crippen molar-refractivity contribution in [3.8, 4) is 28.7 Å². The Labute approximate surface area is 190 Å². The summed E-state index contributed by atoms with van der Waals surface area (Å²) in [5, 5.41) is 11.9. The van der Waals surface area contributed by atoms with Gasteiger partial charge in [0.2, 0.25) is 5.75 Å². The maximum absolute atomic E-state index is 12.9. The molecule has 1 N–H and O–H groups in total. The van der Waals surface area contributed by atoms with Crippen LogP contribution in [0.25, 0.3) is 16.7 Å². The molecule has 0 fully saturated rings. The number of hydrogen-bond acceptors (Lipinski definition) is 7. The van der Waals surface area contributed by atoms with Gasteiger partial charge in [-0.15, -0.1) is 10.2 Å². The van der Waals surface area contributed by atoms with Crippen LogP contribution in [0.5, 0.6) is 23.0 Å². The highest BCUT2D eigenvalue weighted by Crippen LogP contribution is 2.38. The molecule has 1 aromatic heterocycles. The summed E-state index contributed by atoms with van der Waals surface area (Å²) in [6.07, 6.45) is 0. The first-order valence-corrected chi connectivity index (χ1v) is 10.3. The van der Waals surface area contributed by atoms with Gasteiger partial charge in [-0.2, -0.15) is 4.80 Å². The summed E-state index contributed by atoms with van der Waals surface area (Å²) in [5.41, 5.74) is 3.10.